The average molecular weight is 394 g/mol. The molecular formula is C22H26N4O3. The van der Waals surface area contributed by atoms with E-state index in [-0.39, 0.29) is 11.5 Å². The minimum absolute atomic E-state index is 0.161. The van der Waals surface area contributed by atoms with Gasteiger partial charge in [-0.05, 0) is 49.1 Å². The largest absolute Gasteiger partial charge is 0.326 e. The van der Waals surface area contributed by atoms with E-state index in [1.54, 1.807) is 11.5 Å². The summed E-state index contributed by atoms with van der Waals surface area (Å²) in [5, 5.41) is 12.2. The first-order valence-corrected chi connectivity index (χ1v) is 9.93. The Hall–Kier alpha value is -3.19. The Kier molecular flexibility index (Phi) is 7.35. The molecule has 0 spiro atoms. The second kappa shape index (κ2) is 10.4. The Morgan fingerprint density at radius 1 is 1.00 bits per heavy atom. The molecule has 3 rings (SSSR count). The number of rotatable bonds is 10. The number of nitrogens with one attached hydrogen (secondary N) is 3. The van der Waals surface area contributed by atoms with E-state index >= 15 is 0 Å². The Morgan fingerprint density at radius 2 is 1.79 bits per heavy atom. The van der Waals surface area contributed by atoms with Crippen LogP contribution in [0, 0.1) is 0 Å². The number of benzene rings is 2. The minimum Gasteiger partial charge on any atom is -0.326 e. The Bertz CT molecular complexity index is 1020. The monoisotopic (exact) mass is 394 g/mol. The van der Waals surface area contributed by atoms with Crippen molar-refractivity contribution < 1.29 is 10.0 Å². The molecule has 0 saturated carbocycles. The number of unbranched alkanes of at least 4 members (excludes halogenated alkanes) is 4. The number of aromatic nitrogens is 2. The molecule has 152 valence electrons. The Morgan fingerprint density at radius 3 is 2.66 bits per heavy atom. The van der Waals surface area contributed by atoms with Gasteiger partial charge in [-0.1, -0.05) is 43.5 Å². The summed E-state index contributed by atoms with van der Waals surface area (Å²) in [7, 11) is 0. The van der Waals surface area contributed by atoms with E-state index in [1.807, 2.05) is 30.3 Å². The third-order valence-electron chi connectivity index (χ3n) is 4.80. The van der Waals surface area contributed by atoms with Crippen molar-refractivity contribution in [3.05, 3.63) is 64.4 Å². The number of hydrogen-bond acceptors (Lipinski definition) is 5. The first kappa shape index (κ1) is 20.5. The fourth-order valence-corrected chi connectivity index (χ4v) is 3.29. The van der Waals surface area contributed by atoms with Crippen LogP contribution in [0.2, 0.25) is 0 Å². The summed E-state index contributed by atoms with van der Waals surface area (Å²) in [6, 6.07) is 15.4. The Balaban J connectivity index is 1.50. The van der Waals surface area contributed by atoms with Gasteiger partial charge in [0, 0.05) is 12.1 Å². The van der Waals surface area contributed by atoms with Gasteiger partial charge in [0.25, 0.3) is 5.56 Å². The van der Waals surface area contributed by atoms with Gasteiger partial charge < -0.3 is 5.32 Å². The van der Waals surface area contributed by atoms with Crippen LogP contribution in [-0.4, -0.2) is 21.1 Å². The van der Waals surface area contributed by atoms with Crippen molar-refractivity contribution in [2.45, 2.75) is 44.9 Å². The molecule has 3 aromatic rings. The lowest BCUT2D eigenvalue weighted by atomic mass is 10.0. The highest BCUT2D eigenvalue weighted by Crippen LogP contribution is 2.18. The Labute approximate surface area is 169 Å². The molecule has 0 aliphatic heterocycles. The van der Waals surface area contributed by atoms with Gasteiger partial charge in [0.05, 0.1) is 10.9 Å². The zero-order chi connectivity index (χ0) is 20.5. The van der Waals surface area contributed by atoms with Crippen LogP contribution >= 0.6 is 0 Å². The lowest BCUT2D eigenvalue weighted by Crippen LogP contribution is -2.17. The molecular weight excluding hydrogens is 368 g/mol. The third-order valence-corrected chi connectivity index (χ3v) is 4.80. The van der Waals surface area contributed by atoms with Crippen LogP contribution in [0.3, 0.4) is 0 Å². The molecule has 0 aliphatic rings. The number of aromatic amines is 1. The van der Waals surface area contributed by atoms with Gasteiger partial charge in [-0.15, -0.1) is 0 Å². The van der Waals surface area contributed by atoms with Crippen LogP contribution in [-0.2, 0) is 11.2 Å². The van der Waals surface area contributed by atoms with Crippen LogP contribution in [0.1, 0.15) is 44.1 Å². The molecule has 0 bridgehead atoms. The quantitative estimate of drug-likeness (QED) is 0.236. The summed E-state index contributed by atoms with van der Waals surface area (Å²) in [6.45, 7) is 0. The highest BCUT2D eigenvalue weighted by Gasteiger charge is 2.04. The fraction of sp³-hybridized carbons (Fsp3) is 0.318. The molecule has 1 heterocycles. The molecule has 0 saturated heterocycles. The molecule has 7 heteroatoms. The molecule has 0 atom stereocenters. The first-order valence-electron chi connectivity index (χ1n) is 9.93. The van der Waals surface area contributed by atoms with Gasteiger partial charge in [-0.25, -0.2) is 10.5 Å². The van der Waals surface area contributed by atoms with Crippen molar-refractivity contribution in [3.8, 4) is 0 Å². The van der Waals surface area contributed by atoms with E-state index in [2.05, 4.69) is 27.4 Å². The number of anilines is 2. The van der Waals surface area contributed by atoms with E-state index < -0.39 is 0 Å². The molecule has 0 unspecified atom stereocenters. The molecule has 1 amide bonds. The van der Waals surface area contributed by atoms with Crippen LogP contribution in [0.4, 0.5) is 11.6 Å². The van der Waals surface area contributed by atoms with E-state index in [0.717, 1.165) is 44.2 Å². The number of amides is 1. The molecule has 0 fully saturated rings. The smallest absolute Gasteiger partial charge is 0.260 e. The highest BCUT2D eigenvalue weighted by atomic mass is 16.5. The fourth-order valence-electron chi connectivity index (χ4n) is 3.29. The van der Waals surface area contributed by atoms with Gasteiger partial charge >= 0.3 is 0 Å². The number of fused-ring (bicyclic) bond motifs is 1. The summed E-state index contributed by atoms with van der Waals surface area (Å²) >= 11 is 0. The summed E-state index contributed by atoms with van der Waals surface area (Å²) in [6.07, 6.45) is 6.35. The average Bonchev–Trinajstić information content (AvgIpc) is 2.73. The van der Waals surface area contributed by atoms with E-state index in [4.69, 9.17) is 5.21 Å². The summed E-state index contributed by atoms with van der Waals surface area (Å²) in [5.41, 5.74) is 4.26. The predicted octanol–water partition coefficient (Wildman–Crippen LogP) is 4.06. The number of nitrogens with zero attached hydrogens (tertiary/aromatic N) is 1. The van der Waals surface area contributed by atoms with Crippen LogP contribution in [0.15, 0.2) is 53.3 Å². The van der Waals surface area contributed by atoms with Crippen molar-refractivity contribution in [2.24, 2.45) is 0 Å². The SMILES string of the molecule is O=C(CCCCCCCc1cccc(Nc2nc3ccccc3c(=O)[nH]2)c1)NO. The van der Waals surface area contributed by atoms with Gasteiger partial charge in [0.2, 0.25) is 11.9 Å². The number of aryl methyl sites for hydroxylation is 1. The van der Waals surface area contributed by atoms with Crippen molar-refractivity contribution >= 4 is 28.4 Å². The van der Waals surface area contributed by atoms with Crippen molar-refractivity contribution in [1.29, 1.82) is 0 Å². The van der Waals surface area contributed by atoms with Gasteiger partial charge in [0.1, 0.15) is 0 Å². The van der Waals surface area contributed by atoms with Gasteiger partial charge in [-0.2, -0.15) is 0 Å². The number of H-pyrrole nitrogens is 1. The molecule has 2 aromatic carbocycles. The van der Waals surface area contributed by atoms with Crippen molar-refractivity contribution in [3.63, 3.8) is 0 Å². The maximum Gasteiger partial charge on any atom is 0.260 e. The highest BCUT2D eigenvalue weighted by molar-refractivity contribution is 5.78. The van der Waals surface area contributed by atoms with Crippen molar-refractivity contribution in [1.82, 2.24) is 15.4 Å². The third kappa shape index (κ3) is 6.15. The zero-order valence-corrected chi connectivity index (χ0v) is 16.3. The minimum atomic E-state index is -0.323. The predicted molar refractivity (Wildman–Crippen MR) is 113 cm³/mol. The number of carbonyl (C=O) groups excluding carboxylic acids is 1. The van der Waals surface area contributed by atoms with E-state index in [1.165, 1.54) is 5.56 Å². The number of para-hydroxylation sites is 1. The zero-order valence-electron chi connectivity index (χ0n) is 16.3. The van der Waals surface area contributed by atoms with E-state index in [0.29, 0.717) is 23.3 Å². The topological polar surface area (TPSA) is 107 Å². The number of hydroxylamine groups is 1. The lowest BCUT2D eigenvalue weighted by molar-refractivity contribution is -0.129. The summed E-state index contributed by atoms with van der Waals surface area (Å²) < 4.78 is 0. The molecule has 7 nitrogen and oxygen atoms in total. The summed E-state index contributed by atoms with van der Waals surface area (Å²) in [5.74, 6) is 0.106. The maximum absolute atomic E-state index is 12.2. The summed E-state index contributed by atoms with van der Waals surface area (Å²) in [4.78, 5) is 30.4. The van der Waals surface area contributed by atoms with Crippen LogP contribution in [0.25, 0.3) is 10.9 Å². The first-order chi connectivity index (χ1) is 14.2. The van der Waals surface area contributed by atoms with Crippen LogP contribution in [0.5, 0.6) is 0 Å². The van der Waals surface area contributed by atoms with Crippen LogP contribution < -0.4 is 16.4 Å². The molecule has 4 N–H and O–H groups in total. The standard InChI is InChI=1S/C22H26N4O3/c27-20(26-29)14-5-3-1-2-4-9-16-10-8-11-17(15-16)23-22-24-19-13-7-6-12-18(19)21(28)25-22/h6-8,10-13,15,29H,1-5,9,14H2,(H,26,27)(H2,23,24,25,28). The molecule has 0 aliphatic carbocycles. The molecule has 1 aromatic heterocycles. The van der Waals surface area contributed by atoms with Gasteiger partial charge in [0.15, 0.2) is 0 Å². The number of hydrogen-bond donors (Lipinski definition) is 4. The van der Waals surface area contributed by atoms with Gasteiger partial charge in [-0.3, -0.25) is 19.8 Å². The lowest BCUT2D eigenvalue weighted by Gasteiger charge is -2.08. The molecule has 0 radical (unpaired) electrons. The van der Waals surface area contributed by atoms with E-state index in [9.17, 15) is 9.59 Å². The number of carbonyl (C=O) groups is 1. The second-order valence-corrected chi connectivity index (χ2v) is 7.06. The molecule has 29 heavy (non-hydrogen) atoms. The maximum atomic E-state index is 12.2. The second-order valence-electron chi connectivity index (χ2n) is 7.06. The normalized spacial score (nSPS) is 10.8. The van der Waals surface area contributed by atoms with Crippen molar-refractivity contribution in [2.75, 3.05) is 5.32 Å².